The molecule has 7 nitrogen and oxygen atoms in total. The normalized spacial score (nSPS) is 17.9. The average Bonchev–Trinajstić information content (AvgIpc) is 3.29. The van der Waals surface area contributed by atoms with Gasteiger partial charge in [0.05, 0.1) is 6.54 Å². The molecule has 8 heteroatoms. The number of amides is 1. The van der Waals surface area contributed by atoms with Crippen LogP contribution in [0, 0.1) is 6.92 Å². The van der Waals surface area contributed by atoms with Crippen LogP contribution in [-0.2, 0) is 13.1 Å². The Balaban J connectivity index is 1.32. The molecule has 5 rings (SSSR count). The zero-order valence-electron chi connectivity index (χ0n) is 15.7. The number of carbonyl (C=O) groups excluding carboxylic acids is 1. The molecule has 1 amide bonds. The first-order chi connectivity index (χ1) is 13.6. The second-order valence-electron chi connectivity index (χ2n) is 7.57. The molecule has 0 spiro atoms. The van der Waals surface area contributed by atoms with Crippen LogP contribution in [0.25, 0.3) is 11.0 Å². The van der Waals surface area contributed by atoms with Crippen molar-refractivity contribution in [1.29, 1.82) is 0 Å². The molecule has 1 fully saturated rings. The van der Waals surface area contributed by atoms with Gasteiger partial charge >= 0.3 is 0 Å². The topological polar surface area (TPSA) is 76.2 Å². The zero-order chi connectivity index (χ0) is 19.3. The smallest absolute Gasteiger partial charge is 0.289 e. The predicted octanol–water partition coefficient (Wildman–Crippen LogP) is 3.11. The van der Waals surface area contributed by atoms with Gasteiger partial charge in [-0.3, -0.25) is 4.79 Å². The molecule has 0 aliphatic carbocycles. The summed E-state index contributed by atoms with van der Waals surface area (Å²) in [6.45, 7) is 5.95. The molecule has 0 radical (unpaired) electrons. The lowest BCUT2D eigenvalue weighted by molar-refractivity contribution is 0.0679. The molecule has 2 aliphatic heterocycles. The third-order valence-corrected chi connectivity index (χ3v) is 6.13. The van der Waals surface area contributed by atoms with Crippen LogP contribution in [0.1, 0.15) is 46.5 Å². The quantitative estimate of drug-likeness (QED) is 0.716. The highest BCUT2D eigenvalue weighted by molar-refractivity contribution is 6.31. The standard InChI is InChI=1S/C20H22ClN5O2/c1-12-15-10-14(21)2-3-16(15)28-18(12)20(27)25-7-4-13(5-8-25)19-24-23-17-11-22-6-9-26(17)19/h2-3,10,13,22H,4-9,11H2,1H3. The van der Waals surface area contributed by atoms with Gasteiger partial charge in [-0.1, -0.05) is 11.6 Å². The molecule has 3 aromatic rings. The Hall–Kier alpha value is -2.38. The number of hydrogen-bond donors (Lipinski definition) is 1. The lowest BCUT2D eigenvalue weighted by Crippen LogP contribution is -2.39. The summed E-state index contributed by atoms with van der Waals surface area (Å²) in [7, 11) is 0. The van der Waals surface area contributed by atoms with Crippen LogP contribution in [0.2, 0.25) is 5.02 Å². The summed E-state index contributed by atoms with van der Waals surface area (Å²) in [5.74, 6) is 2.80. The molecular weight excluding hydrogens is 378 g/mol. The van der Waals surface area contributed by atoms with Crippen LogP contribution in [-0.4, -0.2) is 45.2 Å². The number of rotatable bonds is 2. The van der Waals surface area contributed by atoms with Gasteiger partial charge in [-0.2, -0.15) is 0 Å². The number of likely N-dealkylation sites (tertiary alicyclic amines) is 1. The molecule has 28 heavy (non-hydrogen) atoms. The van der Waals surface area contributed by atoms with Crippen LogP contribution in [0.15, 0.2) is 22.6 Å². The second-order valence-corrected chi connectivity index (χ2v) is 8.00. The number of halogens is 1. The highest BCUT2D eigenvalue weighted by Gasteiger charge is 2.31. The van der Waals surface area contributed by atoms with Gasteiger partial charge in [-0.05, 0) is 38.0 Å². The molecule has 2 aliphatic rings. The van der Waals surface area contributed by atoms with E-state index in [4.69, 9.17) is 16.0 Å². The van der Waals surface area contributed by atoms with Crippen molar-refractivity contribution in [3.63, 3.8) is 0 Å². The Morgan fingerprint density at radius 2 is 2.07 bits per heavy atom. The fourth-order valence-electron chi connectivity index (χ4n) is 4.30. The van der Waals surface area contributed by atoms with E-state index in [1.165, 1.54) is 0 Å². The number of aryl methyl sites for hydroxylation is 1. The SMILES string of the molecule is Cc1c(C(=O)N2CCC(c3nnc4n3CCNC4)CC2)oc2ccc(Cl)cc12. The number of nitrogens with zero attached hydrogens (tertiary/aromatic N) is 4. The highest BCUT2D eigenvalue weighted by Crippen LogP contribution is 2.32. The van der Waals surface area contributed by atoms with E-state index in [-0.39, 0.29) is 5.91 Å². The van der Waals surface area contributed by atoms with Gasteiger partial charge in [-0.15, -0.1) is 10.2 Å². The van der Waals surface area contributed by atoms with Gasteiger partial charge < -0.3 is 19.2 Å². The van der Waals surface area contributed by atoms with Crippen molar-refractivity contribution < 1.29 is 9.21 Å². The molecule has 0 unspecified atom stereocenters. The van der Waals surface area contributed by atoms with Gasteiger partial charge in [0.1, 0.15) is 17.2 Å². The average molecular weight is 400 g/mol. The van der Waals surface area contributed by atoms with Crippen LogP contribution >= 0.6 is 11.6 Å². The van der Waals surface area contributed by atoms with E-state index in [1.807, 2.05) is 24.0 Å². The molecule has 1 N–H and O–H groups in total. The van der Waals surface area contributed by atoms with Crippen molar-refractivity contribution in [1.82, 2.24) is 25.0 Å². The molecule has 0 saturated carbocycles. The number of hydrogen-bond acceptors (Lipinski definition) is 5. The zero-order valence-corrected chi connectivity index (χ0v) is 16.5. The number of benzene rings is 1. The lowest BCUT2D eigenvalue weighted by Gasteiger charge is -2.31. The summed E-state index contributed by atoms with van der Waals surface area (Å²) in [4.78, 5) is 14.9. The highest BCUT2D eigenvalue weighted by atomic mass is 35.5. The summed E-state index contributed by atoms with van der Waals surface area (Å²) in [6, 6.07) is 5.44. The third-order valence-electron chi connectivity index (χ3n) is 5.89. The van der Waals surface area contributed by atoms with Gasteiger partial charge in [0, 0.05) is 48.1 Å². The minimum Gasteiger partial charge on any atom is -0.451 e. The van der Waals surface area contributed by atoms with E-state index in [2.05, 4.69) is 20.1 Å². The predicted molar refractivity (Wildman–Crippen MR) is 106 cm³/mol. The molecule has 146 valence electrons. The maximum atomic E-state index is 13.1. The number of fused-ring (bicyclic) bond motifs is 2. The molecule has 1 aromatic carbocycles. The van der Waals surface area contributed by atoms with E-state index in [1.54, 1.807) is 6.07 Å². The molecule has 0 atom stereocenters. The third kappa shape index (κ3) is 2.89. The second kappa shape index (κ2) is 6.90. The van der Waals surface area contributed by atoms with E-state index < -0.39 is 0 Å². The van der Waals surface area contributed by atoms with Crippen molar-refractivity contribution in [2.45, 2.75) is 38.8 Å². The number of nitrogens with one attached hydrogen (secondary N) is 1. The fraction of sp³-hybridized carbons (Fsp3) is 0.450. The van der Waals surface area contributed by atoms with Crippen molar-refractivity contribution in [3.05, 3.63) is 46.2 Å². The van der Waals surface area contributed by atoms with Crippen molar-refractivity contribution in [2.24, 2.45) is 0 Å². The first-order valence-electron chi connectivity index (χ1n) is 9.72. The van der Waals surface area contributed by atoms with Crippen molar-refractivity contribution >= 4 is 28.5 Å². The number of carbonyl (C=O) groups is 1. The number of piperidine rings is 1. The monoisotopic (exact) mass is 399 g/mol. The molecular formula is C20H22ClN5O2. The van der Waals surface area contributed by atoms with Crippen molar-refractivity contribution in [2.75, 3.05) is 19.6 Å². The number of aromatic nitrogens is 3. The largest absolute Gasteiger partial charge is 0.451 e. The summed E-state index contributed by atoms with van der Waals surface area (Å²) in [5, 5.41) is 13.6. The van der Waals surface area contributed by atoms with Gasteiger partial charge in [0.25, 0.3) is 5.91 Å². The molecule has 0 bridgehead atoms. The van der Waals surface area contributed by atoms with E-state index in [0.717, 1.165) is 55.1 Å². The maximum absolute atomic E-state index is 13.1. The summed E-state index contributed by atoms with van der Waals surface area (Å²) in [5.41, 5.74) is 1.55. The Labute approximate surface area is 167 Å². The Kier molecular flexibility index (Phi) is 4.36. The first kappa shape index (κ1) is 17.7. The Bertz CT molecular complexity index is 1050. The molecule has 4 heterocycles. The molecule has 2 aromatic heterocycles. The Morgan fingerprint density at radius 3 is 2.89 bits per heavy atom. The van der Waals surface area contributed by atoms with Crippen LogP contribution < -0.4 is 5.32 Å². The van der Waals surface area contributed by atoms with Gasteiger partial charge in [0.15, 0.2) is 5.76 Å². The van der Waals surface area contributed by atoms with Gasteiger partial charge in [-0.25, -0.2) is 0 Å². The van der Waals surface area contributed by atoms with Gasteiger partial charge in [0.2, 0.25) is 0 Å². The fourth-order valence-corrected chi connectivity index (χ4v) is 4.47. The van der Waals surface area contributed by atoms with E-state index in [9.17, 15) is 4.79 Å². The molecule has 1 saturated heterocycles. The summed E-state index contributed by atoms with van der Waals surface area (Å²) < 4.78 is 8.10. The van der Waals surface area contributed by atoms with Crippen LogP contribution in [0.3, 0.4) is 0 Å². The minimum absolute atomic E-state index is 0.0456. The first-order valence-corrected chi connectivity index (χ1v) is 10.1. The maximum Gasteiger partial charge on any atom is 0.289 e. The van der Waals surface area contributed by atoms with Crippen LogP contribution in [0.5, 0.6) is 0 Å². The number of furan rings is 1. The summed E-state index contributed by atoms with van der Waals surface area (Å²) in [6.07, 6.45) is 1.78. The van der Waals surface area contributed by atoms with Crippen LogP contribution in [0.4, 0.5) is 0 Å². The Morgan fingerprint density at radius 1 is 1.25 bits per heavy atom. The van der Waals surface area contributed by atoms with E-state index in [0.29, 0.717) is 35.4 Å². The van der Waals surface area contributed by atoms with Crippen molar-refractivity contribution in [3.8, 4) is 0 Å². The lowest BCUT2D eigenvalue weighted by atomic mass is 9.95. The minimum atomic E-state index is -0.0456. The van der Waals surface area contributed by atoms with E-state index >= 15 is 0 Å². The summed E-state index contributed by atoms with van der Waals surface area (Å²) >= 11 is 6.09.